The first-order chi connectivity index (χ1) is 16.0. The summed E-state index contributed by atoms with van der Waals surface area (Å²) in [6, 6.07) is 21.6. The number of benzene rings is 2. The van der Waals surface area contributed by atoms with Gasteiger partial charge in [0.25, 0.3) is 0 Å². The van der Waals surface area contributed by atoms with E-state index >= 15 is 0 Å². The summed E-state index contributed by atoms with van der Waals surface area (Å²) in [5, 5.41) is 0. The number of rotatable bonds is 10. The number of nitrogens with zero attached hydrogens (tertiary/aromatic N) is 2. The van der Waals surface area contributed by atoms with Gasteiger partial charge in [-0.2, -0.15) is 0 Å². The van der Waals surface area contributed by atoms with Crippen molar-refractivity contribution < 1.29 is 13.2 Å². The van der Waals surface area contributed by atoms with Crippen LogP contribution in [0.4, 0.5) is 11.4 Å². The zero-order chi connectivity index (χ0) is 23.3. The van der Waals surface area contributed by atoms with E-state index < -0.39 is 15.3 Å². The van der Waals surface area contributed by atoms with Gasteiger partial charge in [-0.15, -0.1) is 12.4 Å². The van der Waals surface area contributed by atoms with Gasteiger partial charge in [0.1, 0.15) is 9.84 Å². The van der Waals surface area contributed by atoms with E-state index in [1.165, 1.54) is 0 Å². The smallest absolute Gasteiger partial charge is 0.242 e. The molecule has 0 radical (unpaired) electrons. The van der Waals surface area contributed by atoms with Gasteiger partial charge in [0.15, 0.2) is 0 Å². The molecule has 0 spiro atoms. The quantitative estimate of drug-likeness (QED) is 0.338. The van der Waals surface area contributed by atoms with Crippen LogP contribution in [0.1, 0.15) is 43.7 Å². The molecular weight excluding hydrogens is 468 g/mol. The second-order valence-electron chi connectivity index (χ2n) is 8.72. The number of carbonyl (C=O) groups is 1. The molecule has 34 heavy (non-hydrogen) atoms. The number of carbonyl (C=O) groups excluding carboxylic acids is 1. The lowest BCUT2D eigenvalue weighted by Crippen LogP contribution is -2.40. The molecule has 0 N–H and O–H groups in total. The molecule has 2 aromatic carbocycles. The zero-order valence-electron chi connectivity index (χ0n) is 19.4. The summed E-state index contributed by atoms with van der Waals surface area (Å²) in [6.45, 7) is 1.88. The van der Waals surface area contributed by atoms with Crippen LogP contribution >= 0.6 is 12.4 Å². The molecule has 1 aliphatic rings. The number of hydrogen-bond acceptors (Lipinski definition) is 4. The van der Waals surface area contributed by atoms with Crippen LogP contribution in [0.15, 0.2) is 79.1 Å². The van der Waals surface area contributed by atoms with E-state index in [-0.39, 0.29) is 29.8 Å². The van der Waals surface area contributed by atoms with Gasteiger partial charge in [0, 0.05) is 23.8 Å². The minimum atomic E-state index is -3.04. The second kappa shape index (κ2) is 11.2. The van der Waals surface area contributed by atoms with Crippen molar-refractivity contribution in [2.75, 3.05) is 16.4 Å². The molecule has 1 aromatic heterocycles. The third-order valence-corrected chi connectivity index (χ3v) is 8.31. The van der Waals surface area contributed by atoms with Gasteiger partial charge in [-0.3, -0.25) is 14.7 Å². The number of anilines is 2. The second-order valence-corrected chi connectivity index (χ2v) is 11.0. The van der Waals surface area contributed by atoms with Gasteiger partial charge >= 0.3 is 0 Å². The number of fused-ring (bicyclic) bond motifs is 1. The molecule has 3 aromatic rings. The molecule has 1 atom stereocenters. The normalized spacial score (nSPS) is 17.3. The lowest BCUT2D eigenvalue weighted by Gasteiger charge is -2.29. The molecule has 5 nitrogen and oxygen atoms in total. The molecule has 180 valence electrons. The maximum absolute atomic E-state index is 14.2. The van der Waals surface area contributed by atoms with Crippen LogP contribution in [0.2, 0.25) is 0 Å². The molecule has 1 aliphatic heterocycles. The Kier molecular flexibility index (Phi) is 8.50. The van der Waals surface area contributed by atoms with Crippen molar-refractivity contribution in [3.63, 3.8) is 0 Å². The minimum absolute atomic E-state index is 0. The van der Waals surface area contributed by atoms with E-state index in [1.807, 2.05) is 78.6 Å². The first-order valence-electron chi connectivity index (χ1n) is 11.6. The molecule has 4 rings (SSSR count). The van der Waals surface area contributed by atoms with Crippen LogP contribution < -0.4 is 4.90 Å². The van der Waals surface area contributed by atoms with Crippen molar-refractivity contribution in [2.45, 2.75) is 44.4 Å². The number of pyridine rings is 1. The molecule has 7 heteroatoms. The van der Waals surface area contributed by atoms with Crippen molar-refractivity contribution in [2.24, 2.45) is 0 Å². The van der Waals surface area contributed by atoms with Crippen LogP contribution in [-0.4, -0.2) is 30.8 Å². The van der Waals surface area contributed by atoms with Crippen molar-refractivity contribution in [3.05, 3.63) is 90.3 Å². The first-order valence-corrected chi connectivity index (χ1v) is 13.4. The van der Waals surface area contributed by atoms with Crippen molar-refractivity contribution in [1.29, 1.82) is 0 Å². The van der Waals surface area contributed by atoms with E-state index in [1.54, 1.807) is 12.4 Å². The highest BCUT2D eigenvalue weighted by atomic mass is 35.5. The van der Waals surface area contributed by atoms with Gasteiger partial charge in [-0.05, 0) is 67.1 Å². The number of sulfone groups is 1. The first kappa shape index (κ1) is 25.9. The Bertz CT molecular complexity index is 1200. The number of para-hydroxylation sites is 2. The third kappa shape index (κ3) is 5.34. The molecule has 0 saturated heterocycles. The Morgan fingerprint density at radius 2 is 1.56 bits per heavy atom. The van der Waals surface area contributed by atoms with Gasteiger partial charge < -0.3 is 0 Å². The van der Waals surface area contributed by atoms with Gasteiger partial charge in [0.2, 0.25) is 5.91 Å². The average molecular weight is 499 g/mol. The van der Waals surface area contributed by atoms with Crippen molar-refractivity contribution in [1.82, 2.24) is 4.98 Å². The van der Waals surface area contributed by atoms with Crippen molar-refractivity contribution >= 4 is 39.5 Å². The Morgan fingerprint density at radius 1 is 0.882 bits per heavy atom. The maximum atomic E-state index is 14.2. The average Bonchev–Trinajstić information content (AvgIpc) is 3.06. The Balaban J connectivity index is 0.00000324. The predicted molar refractivity (Wildman–Crippen MR) is 140 cm³/mol. The Labute approximate surface area is 208 Å². The van der Waals surface area contributed by atoms with E-state index in [4.69, 9.17) is 0 Å². The van der Waals surface area contributed by atoms with E-state index in [0.29, 0.717) is 32.1 Å². The molecule has 1 unspecified atom stereocenters. The number of unbranched alkanes of at least 4 members (excludes halogenated alkanes) is 1. The van der Waals surface area contributed by atoms with E-state index in [9.17, 15) is 13.2 Å². The fourth-order valence-corrected chi connectivity index (χ4v) is 6.33. The highest BCUT2D eigenvalue weighted by Gasteiger charge is 2.50. The molecule has 0 bridgehead atoms. The fraction of sp³-hybridized carbons (Fsp3) is 0.333. The van der Waals surface area contributed by atoms with Crippen LogP contribution in [0, 0.1) is 0 Å². The third-order valence-electron chi connectivity index (χ3n) is 6.37. The number of hydrogen-bond donors (Lipinski definition) is 0. The lowest BCUT2D eigenvalue weighted by atomic mass is 9.73. The fourth-order valence-electron chi connectivity index (χ4n) is 4.86. The van der Waals surface area contributed by atoms with Gasteiger partial charge in [-0.1, -0.05) is 49.7 Å². The summed E-state index contributed by atoms with van der Waals surface area (Å²) in [5.41, 5.74) is 3.05. The van der Waals surface area contributed by atoms with Gasteiger partial charge in [-0.25, -0.2) is 8.42 Å². The topological polar surface area (TPSA) is 67.3 Å². The summed E-state index contributed by atoms with van der Waals surface area (Å²) >= 11 is 0. The highest BCUT2D eigenvalue weighted by Crippen LogP contribution is 2.49. The maximum Gasteiger partial charge on any atom is 0.242 e. The largest absolute Gasteiger partial charge is 0.280 e. The van der Waals surface area contributed by atoms with Crippen molar-refractivity contribution in [3.8, 4) is 0 Å². The molecule has 0 fully saturated rings. The summed E-state index contributed by atoms with van der Waals surface area (Å²) in [6.07, 6.45) is 6.50. The SMILES string of the molecule is CCCS(=O)(=O)CCCCC1(Cc2ccncc2)C(=O)N(c2ccccc2)c2ccccc21.Cl. The molecule has 0 saturated carbocycles. The monoisotopic (exact) mass is 498 g/mol. The summed E-state index contributed by atoms with van der Waals surface area (Å²) < 4.78 is 24.4. The van der Waals surface area contributed by atoms with Crippen LogP contribution in [0.5, 0.6) is 0 Å². The van der Waals surface area contributed by atoms with Crippen LogP contribution in [-0.2, 0) is 26.5 Å². The zero-order valence-corrected chi connectivity index (χ0v) is 21.0. The van der Waals surface area contributed by atoms with Crippen LogP contribution in [0.25, 0.3) is 0 Å². The molecular formula is C27H31ClN2O3S. The molecule has 0 aliphatic carbocycles. The number of amides is 1. The lowest BCUT2D eigenvalue weighted by molar-refractivity contribution is -0.122. The van der Waals surface area contributed by atoms with Crippen LogP contribution in [0.3, 0.4) is 0 Å². The predicted octanol–water partition coefficient (Wildman–Crippen LogP) is 5.66. The summed E-state index contributed by atoms with van der Waals surface area (Å²) in [4.78, 5) is 20.1. The summed E-state index contributed by atoms with van der Waals surface area (Å²) in [7, 11) is -3.04. The minimum Gasteiger partial charge on any atom is -0.280 e. The van der Waals surface area contributed by atoms with E-state index in [2.05, 4.69) is 4.98 Å². The number of aromatic nitrogens is 1. The van der Waals surface area contributed by atoms with Gasteiger partial charge in [0.05, 0.1) is 16.9 Å². The standard InChI is InChI=1S/C27H30N2O3S.ClH/c1-2-19-33(31,32)20-9-8-16-27(21-22-14-17-28-18-15-22)24-12-6-7-13-25(24)29(26(27)30)23-10-4-3-5-11-23;/h3-7,10-15,17-18H,2,8-9,16,19-21H2,1H3;1H. The molecule has 2 heterocycles. The summed E-state index contributed by atoms with van der Waals surface area (Å²) in [5.74, 6) is 0.437. The highest BCUT2D eigenvalue weighted by molar-refractivity contribution is 7.91. The molecule has 1 amide bonds. The van der Waals surface area contributed by atoms with E-state index in [0.717, 1.165) is 22.5 Å². The number of halogens is 1. The Morgan fingerprint density at radius 3 is 2.26 bits per heavy atom. The Hall–Kier alpha value is -2.70.